The highest BCUT2D eigenvalue weighted by Crippen LogP contribution is 2.31. The van der Waals surface area contributed by atoms with Gasteiger partial charge in [-0.2, -0.15) is 0 Å². The number of ether oxygens (including phenoxy) is 4. The molecule has 0 bridgehead atoms. The number of rotatable bonds is 4. The fourth-order valence-electron chi connectivity index (χ4n) is 2.06. The summed E-state index contributed by atoms with van der Waals surface area (Å²) < 4.78 is 22.1. The van der Waals surface area contributed by atoms with Crippen molar-refractivity contribution in [3.63, 3.8) is 0 Å². The molecule has 0 aromatic heterocycles. The highest BCUT2D eigenvalue weighted by molar-refractivity contribution is 5.87. The van der Waals surface area contributed by atoms with E-state index in [1.54, 1.807) is 0 Å². The molecule has 2 rings (SSSR count). The molecule has 0 N–H and O–H groups in total. The second kappa shape index (κ2) is 4.29. The normalized spacial score (nSPS) is 32.2. The van der Waals surface area contributed by atoms with E-state index in [1.807, 2.05) is 13.8 Å². The summed E-state index contributed by atoms with van der Waals surface area (Å²) in [6, 6.07) is 0. The number of methoxy groups -OCH3 is 1. The maximum Gasteiger partial charge on any atom is 0.221 e. The van der Waals surface area contributed by atoms with Gasteiger partial charge in [-0.3, -0.25) is 0 Å². The Labute approximate surface area is 94.3 Å². The van der Waals surface area contributed by atoms with E-state index in [0.717, 1.165) is 4.74 Å². The number of fused-ring (bicyclic) bond motifs is 1. The van der Waals surface area contributed by atoms with E-state index in [2.05, 4.69) is 0 Å². The molecule has 0 radical (unpaired) electrons. The molecule has 1 saturated heterocycles. The lowest BCUT2D eigenvalue weighted by Gasteiger charge is -2.18. The SMILES string of the molecule is COCOCC1=[N+]([O-])C[C@H]2OC(C)(C)O[C@@H]12. The van der Waals surface area contributed by atoms with Crippen LogP contribution in [-0.4, -0.2) is 55.5 Å². The van der Waals surface area contributed by atoms with E-state index in [1.165, 1.54) is 7.11 Å². The minimum absolute atomic E-state index is 0.166. The van der Waals surface area contributed by atoms with Gasteiger partial charge in [-0.1, -0.05) is 0 Å². The largest absolute Gasteiger partial charge is 0.624 e. The van der Waals surface area contributed by atoms with Gasteiger partial charge in [0.05, 0.1) is 0 Å². The molecule has 6 heteroatoms. The Kier molecular flexibility index (Phi) is 3.16. The topological polar surface area (TPSA) is 63.0 Å². The van der Waals surface area contributed by atoms with Gasteiger partial charge in [-0.05, 0) is 13.8 Å². The summed E-state index contributed by atoms with van der Waals surface area (Å²) >= 11 is 0. The van der Waals surface area contributed by atoms with Crippen LogP contribution in [0.4, 0.5) is 0 Å². The van der Waals surface area contributed by atoms with Gasteiger partial charge >= 0.3 is 0 Å². The molecule has 2 aliphatic heterocycles. The summed E-state index contributed by atoms with van der Waals surface area (Å²) in [6.45, 7) is 4.37. The Morgan fingerprint density at radius 2 is 2.25 bits per heavy atom. The molecule has 0 aromatic rings. The molecule has 6 nitrogen and oxygen atoms in total. The molecule has 0 aromatic carbocycles. The number of nitrogens with zero attached hydrogens (tertiary/aromatic N) is 1. The van der Waals surface area contributed by atoms with Crippen molar-refractivity contribution in [2.45, 2.75) is 31.8 Å². The third kappa shape index (κ3) is 2.20. The maximum absolute atomic E-state index is 11.6. The maximum atomic E-state index is 11.6. The van der Waals surface area contributed by atoms with Crippen molar-refractivity contribution in [3.8, 4) is 0 Å². The van der Waals surface area contributed by atoms with Gasteiger partial charge in [-0.15, -0.1) is 0 Å². The molecule has 2 atom stereocenters. The molecular weight excluding hydrogens is 214 g/mol. The Bertz CT molecular complexity index is 302. The van der Waals surface area contributed by atoms with E-state index in [4.69, 9.17) is 18.9 Å². The molecule has 16 heavy (non-hydrogen) atoms. The summed E-state index contributed by atoms with van der Waals surface area (Å²) in [5, 5.41) is 11.6. The van der Waals surface area contributed by atoms with Crippen LogP contribution < -0.4 is 0 Å². The van der Waals surface area contributed by atoms with Gasteiger partial charge in [0.25, 0.3) is 0 Å². The van der Waals surface area contributed by atoms with E-state index >= 15 is 0 Å². The van der Waals surface area contributed by atoms with Crippen LogP contribution >= 0.6 is 0 Å². The van der Waals surface area contributed by atoms with Crippen LogP contribution in [0.2, 0.25) is 0 Å². The molecule has 0 saturated carbocycles. The Hall–Kier alpha value is -0.690. The summed E-state index contributed by atoms with van der Waals surface area (Å²) in [7, 11) is 1.54. The average molecular weight is 231 g/mol. The molecule has 0 spiro atoms. The molecule has 0 unspecified atom stereocenters. The van der Waals surface area contributed by atoms with Gasteiger partial charge < -0.3 is 24.2 Å². The van der Waals surface area contributed by atoms with Crippen LogP contribution in [0.1, 0.15) is 13.8 Å². The minimum Gasteiger partial charge on any atom is -0.624 e. The molecule has 92 valence electrons. The zero-order valence-corrected chi connectivity index (χ0v) is 9.76. The van der Waals surface area contributed by atoms with Crippen molar-refractivity contribution in [1.82, 2.24) is 0 Å². The van der Waals surface area contributed by atoms with Gasteiger partial charge in [0, 0.05) is 7.11 Å². The van der Waals surface area contributed by atoms with Crippen molar-refractivity contribution >= 4 is 5.71 Å². The predicted molar refractivity (Wildman–Crippen MR) is 55.2 cm³/mol. The lowest BCUT2D eigenvalue weighted by molar-refractivity contribution is -0.462. The second-order valence-corrected chi connectivity index (χ2v) is 4.40. The van der Waals surface area contributed by atoms with Crippen molar-refractivity contribution in [1.29, 1.82) is 0 Å². The van der Waals surface area contributed by atoms with Gasteiger partial charge in [0.1, 0.15) is 13.4 Å². The Balaban J connectivity index is 1.98. The molecule has 2 aliphatic rings. The lowest BCUT2D eigenvalue weighted by Crippen LogP contribution is -2.32. The quantitative estimate of drug-likeness (QED) is 0.297. The molecule has 0 aliphatic carbocycles. The van der Waals surface area contributed by atoms with Crippen LogP contribution in [0, 0.1) is 5.21 Å². The molecule has 0 amide bonds. The van der Waals surface area contributed by atoms with Crippen LogP contribution in [-0.2, 0) is 18.9 Å². The fourth-order valence-corrected chi connectivity index (χ4v) is 2.06. The van der Waals surface area contributed by atoms with E-state index in [0.29, 0.717) is 12.3 Å². The first-order valence-corrected chi connectivity index (χ1v) is 5.26. The molecule has 1 fully saturated rings. The highest BCUT2D eigenvalue weighted by Gasteiger charge is 2.52. The van der Waals surface area contributed by atoms with Crippen LogP contribution in [0.25, 0.3) is 0 Å². The zero-order chi connectivity index (χ0) is 11.8. The van der Waals surface area contributed by atoms with Crippen molar-refractivity contribution < 1.29 is 23.7 Å². The van der Waals surface area contributed by atoms with Gasteiger partial charge in [0.2, 0.25) is 5.71 Å². The van der Waals surface area contributed by atoms with Crippen molar-refractivity contribution in [2.24, 2.45) is 0 Å². The Morgan fingerprint density at radius 3 is 2.94 bits per heavy atom. The first kappa shape index (κ1) is 11.8. The van der Waals surface area contributed by atoms with E-state index < -0.39 is 5.79 Å². The first-order valence-electron chi connectivity index (χ1n) is 5.26. The van der Waals surface area contributed by atoms with Crippen molar-refractivity contribution in [3.05, 3.63) is 5.21 Å². The number of hydrogen-bond donors (Lipinski definition) is 0. The van der Waals surface area contributed by atoms with Gasteiger partial charge in [-0.25, -0.2) is 4.74 Å². The smallest absolute Gasteiger partial charge is 0.221 e. The molecular formula is C10H17NO5. The standard InChI is InChI=1S/C10H17NO5/c1-10(2)15-8-4-11(12)7(9(8)16-10)5-14-6-13-3/h8-9H,4-6H2,1-3H3/t8-,9+/m1/s1. The van der Waals surface area contributed by atoms with Crippen molar-refractivity contribution in [2.75, 3.05) is 27.1 Å². The number of hydrogen-bond acceptors (Lipinski definition) is 5. The monoisotopic (exact) mass is 231 g/mol. The highest BCUT2D eigenvalue weighted by atomic mass is 16.8. The van der Waals surface area contributed by atoms with E-state index in [-0.39, 0.29) is 25.6 Å². The van der Waals surface area contributed by atoms with Crippen LogP contribution in [0.5, 0.6) is 0 Å². The summed E-state index contributed by atoms with van der Waals surface area (Å²) in [6.07, 6.45) is -0.474. The van der Waals surface area contributed by atoms with Crippen LogP contribution in [0.15, 0.2) is 0 Å². The minimum atomic E-state index is -0.622. The number of hydroxylamine groups is 1. The first-order chi connectivity index (χ1) is 7.53. The average Bonchev–Trinajstić information content (AvgIpc) is 2.60. The lowest BCUT2D eigenvalue weighted by atomic mass is 10.2. The van der Waals surface area contributed by atoms with Gasteiger partial charge in [0.15, 0.2) is 24.5 Å². The summed E-state index contributed by atoms with van der Waals surface area (Å²) in [5.74, 6) is -0.622. The third-order valence-electron chi connectivity index (χ3n) is 2.63. The third-order valence-corrected chi connectivity index (χ3v) is 2.63. The Morgan fingerprint density at radius 1 is 1.50 bits per heavy atom. The zero-order valence-electron chi connectivity index (χ0n) is 9.76. The second-order valence-electron chi connectivity index (χ2n) is 4.40. The summed E-state index contributed by atoms with van der Waals surface area (Å²) in [5.41, 5.74) is 0.577. The molecule has 2 heterocycles. The van der Waals surface area contributed by atoms with E-state index in [9.17, 15) is 5.21 Å². The predicted octanol–water partition coefficient (Wildman–Crippen LogP) is 0.0919. The summed E-state index contributed by atoms with van der Waals surface area (Å²) in [4.78, 5) is 0. The fraction of sp³-hybridized carbons (Fsp3) is 0.900. The van der Waals surface area contributed by atoms with Crippen LogP contribution in [0.3, 0.4) is 0 Å².